The normalized spacial score (nSPS) is 10.4. The molecule has 0 aliphatic carbocycles. The Morgan fingerprint density at radius 2 is 2.25 bits per heavy atom. The number of rotatable bonds is 5. The van der Waals surface area contributed by atoms with E-state index in [-0.39, 0.29) is 18.3 Å². The Morgan fingerprint density at radius 1 is 1.50 bits per heavy atom. The van der Waals surface area contributed by atoms with Crippen molar-refractivity contribution in [1.82, 2.24) is 4.90 Å². The van der Waals surface area contributed by atoms with Crippen LogP contribution in [0.2, 0.25) is 0 Å². The molecule has 0 aromatic heterocycles. The van der Waals surface area contributed by atoms with Crippen LogP contribution < -0.4 is 0 Å². The molecule has 1 aromatic rings. The minimum Gasteiger partial charge on any atom is -0.508 e. The lowest BCUT2D eigenvalue weighted by molar-refractivity contribution is -0.144. The van der Waals surface area contributed by atoms with Crippen LogP contribution >= 0.6 is 0 Å². The van der Waals surface area contributed by atoms with Gasteiger partial charge < -0.3 is 9.84 Å². The first-order valence-electron chi connectivity index (χ1n) is 5.24. The Kier molecular flexibility index (Phi) is 4.79. The fourth-order valence-corrected chi connectivity index (χ4v) is 1.45. The van der Waals surface area contributed by atoms with E-state index in [1.807, 2.05) is 18.0 Å². The maximum atomic E-state index is 11.2. The first kappa shape index (κ1) is 12.5. The van der Waals surface area contributed by atoms with E-state index in [4.69, 9.17) is 4.74 Å². The maximum Gasteiger partial charge on any atom is 0.320 e. The molecule has 0 aliphatic heterocycles. The number of hydrogen-bond acceptors (Lipinski definition) is 4. The third-order valence-electron chi connectivity index (χ3n) is 2.07. The molecule has 0 fully saturated rings. The fourth-order valence-electron chi connectivity index (χ4n) is 1.45. The lowest BCUT2D eigenvalue weighted by Gasteiger charge is -2.15. The van der Waals surface area contributed by atoms with E-state index < -0.39 is 0 Å². The molecule has 0 spiro atoms. The minimum absolute atomic E-state index is 0.231. The van der Waals surface area contributed by atoms with Gasteiger partial charge in [-0.3, -0.25) is 9.69 Å². The van der Waals surface area contributed by atoms with Gasteiger partial charge in [0.05, 0.1) is 13.2 Å². The van der Waals surface area contributed by atoms with Crippen LogP contribution in [-0.4, -0.2) is 36.2 Å². The molecule has 88 valence electrons. The Labute approximate surface area is 95.5 Å². The number of nitrogens with zero attached hydrogens (tertiary/aromatic N) is 1. The van der Waals surface area contributed by atoms with E-state index in [9.17, 15) is 9.90 Å². The van der Waals surface area contributed by atoms with Gasteiger partial charge in [-0.05, 0) is 31.7 Å². The molecule has 4 nitrogen and oxygen atoms in total. The van der Waals surface area contributed by atoms with Crippen molar-refractivity contribution >= 4 is 5.97 Å². The lowest BCUT2D eigenvalue weighted by Crippen LogP contribution is -2.26. The van der Waals surface area contributed by atoms with Crippen molar-refractivity contribution in [2.24, 2.45) is 0 Å². The largest absolute Gasteiger partial charge is 0.508 e. The van der Waals surface area contributed by atoms with Crippen LogP contribution in [0.15, 0.2) is 24.3 Å². The predicted molar refractivity (Wildman–Crippen MR) is 61.1 cm³/mol. The molecule has 1 rings (SSSR count). The number of esters is 1. The molecule has 4 heteroatoms. The van der Waals surface area contributed by atoms with Crippen LogP contribution in [0.25, 0.3) is 0 Å². The van der Waals surface area contributed by atoms with Gasteiger partial charge >= 0.3 is 5.97 Å². The second kappa shape index (κ2) is 6.12. The zero-order valence-electron chi connectivity index (χ0n) is 9.64. The molecule has 1 aromatic carbocycles. The quantitative estimate of drug-likeness (QED) is 0.766. The van der Waals surface area contributed by atoms with Gasteiger partial charge in [-0.2, -0.15) is 0 Å². The van der Waals surface area contributed by atoms with E-state index in [2.05, 4.69) is 0 Å². The van der Waals surface area contributed by atoms with E-state index in [1.54, 1.807) is 25.1 Å². The summed E-state index contributed by atoms with van der Waals surface area (Å²) in [6.07, 6.45) is 0. The Balaban J connectivity index is 2.45. The molecule has 0 radical (unpaired) electrons. The second-order valence-electron chi connectivity index (χ2n) is 3.65. The summed E-state index contributed by atoms with van der Waals surface area (Å²) in [7, 11) is 1.83. The molecular formula is C12H17NO3. The number of ether oxygens (including phenoxy) is 1. The zero-order chi connectivity index (χ0) is 12.0. The highest BCUT2D eigenvalue weighted by molar-refractivity contribution is 5.71. The number of hydrogen-bond donors (Lipinski definition) is 1. The van der Waals surface area contributed by atoms with Crippen molar-refractivity contribution in [3.63, 3.8) is 0 Å². The van der Waals surface area contributed by atoms with Gasteiger partial charge in [-0.1, -0.05) is 12.1 Å². The average molecular weight is 223 g/mol. The Hall–Kier alpha value is -1.55. The smallest absolute Gasteiger partial charge is 0.320 e. The third kappa shape index (κ3) is 4.31. The Bertz CT molecular complexity index is 352. The predicted octanol–water partition coefficient (Wildman–Crippen LogP) is 1.39. The number of aromatic hydroxyl groups is 1. The number of carbonyl (C=O) groups is 1. The fraction of sp³-hybridized carbons (Fsp3) is 0.417. The van der Waals surface area contributed by atoms with Crippen LogP contribution in [0.4, 0.5) is 0 Å². The van der Waals surface area contributed by atoms with Crippen LogP contribution in [0.3, 0.4) is 0 Å². The molecule has 1 N–H and O–H groups in total. The highest BCUT2D eigenvalue weighted by Gasteiger charge is 2.07. The molecule has 0 aliphatic rings. The van der Waals surface area contributed by atoms with Crippen LogP contribution in [0, 0.1) is 0 Å². The van der Waals surface area contributed by atoms with Crippen molar-refractivity contribution in [3.8, 4) is 5.75 Å². The van der Waals surface area contributed by atoms with Gasteiger partial charge in [0.1, 0.15) is 5.75 Å². The second-order valence-corrected chi connectivity index (χ2v) is 3.65. The maximum absolute atomic E-state index is 11.2. The number of phenols is 1. The minimum atomic E-state index is -0.231. The molecule has 0 amide bonds. The molecule has 16 heavy (non-hydrogen) atoms. The van der Waals surface area contributed by atoms with E-state index >= 15 is 0 Å². The van der Waals surface area contributed by atoms with Gasteiger partial charge in [0, 0.05) is 6.54 Å². The number of phenolic OH excluding ortho intramolecular Hbond substituents is 1. The summed E-state index contributed by atoms with van der Waals surface area (Å²) in [5.74, 6) is 0.00666. The average Bonchev–Trinajstić information content (AvgIpc) is 2.17. The number of likely N-dealkylation sites (N-methyl/N-ethyl adjacent to an activating group) is 1. The molecular weight excluding hydrogens is 206 g/mol. The van der Waals surface area contributed by atoms with E-state index in [0.29, 0.717) is 13.2 Å². The molecule has 0 unspecified atom stereocenters. The summed E-state index contributed by atoms with van der Waals surface area (Å²) in [5, 5.41) is 9.28. The van der Waals surface area contributed by atoms with Gasteiger partial charge in [0.25, 0.3) is 0 Å². The van der Waals surface area contributed by atoms with Crippen molar-refractivity contribution in [3.05, 3.63) is 29.8 Å². The van der Waals surface area contributed by atoms with E-state index in [1.165, 1.54) is 0 Å². The van der Waals surface area contributed by atoms with Crippen LogP contribution in [0.5, 0.6) is 5.75 Å². The van der Waals surface area contributed by atoms with Crippen molar-refractivity contribution < 1.29 is 14.6 Å². The van der Waals surface area contributed by atoms with E-state index in [0.717, 1.165) is 5.56 Å². The topological polar surface area (TPSA) is 49.8 Å². The summed E-state index contributed by atoms with van der Waals surface area (Å²) in [4.78, 5) is 13.0. The van der Waals surface area contributed by atoms with Gasteiger partial charge in [0.2, 0.25) is 0 Å². The van der Waals surface area contributed by atoms with Gasteiger partial charge in [0.15, 0.2) is 0 Å². The van der Waals surface area contributed by atoms with Crippen LogP contribution in [0.1, 0.15) is 12.5 Å². The highest BCUT2D eigenvalue weighted by atomic mass is 16.5. The summed E-state index contributed by atoms with van der Waals surface area (Å²) in [5.41, 5.74) is 0.965. The van der Waals surface area contributed by atoms with Crippen LogP contribution in [-0.2, 0) is 16.1 Å². The third-order valence-corrected chi connectivity index (χ3v) is 2.07. The summed E-state index contributed by atoms with van der Waals surface area (Å²) >= 11 is 0. The monoisotopic (exact) mass is 223 g/mol. The SMILES string of the molecule is CCOC(=O)CN(C)Cc1cccc(O)c1. The number of benzene rings is 1. The first-order valence-corrected chi connectivity index (χ1v) is 5.24. The first-order chi connectivity index (χ1) is 7.61. The highest BCUT2D eigenvalue weighted by Crippen LogP contribution is 2.12. The molecule has 0 bridgehead atoms. The standard InChI is InChI=1S/C12H17NO3/c1-3-16-12(15)9-13(2)8-10-5-4-6-11(14)7-10/h4-7,14H,3,8-9H2,1-2H3. The van der Waals surface area contributed by atoms with Crippen molar-refractivity contribution in [2.75, 3.05) is 20.2 Å². The molecule has 0 heterocycles. The lowest BCUT2D eigenvalue weighted by atomic mass is 10.2. The van der Waals surface area contributed by atoms with Gasteiger partial charge in [-0.25, -0.2) is 0 Å². The molecule has 0 atom stereocenters. The van der Waals surface area contributed by atoms with Crippen molar-refractivity contribution in [1.29, 1.82) is 0 Å². The number of carbonyl (C=O) groups excluding carboxylic acids is 1. The summed E-state index contributed by atoms with van der Waals surface area (Å²) in [6.45, 7) is 3.04. The van der Waals surface area contributed by atoms with Gasteiger partial charge in [-0.15, -0.1) is 0 Å². The Morgan fingerprint density at radius 3 is 2.88 bits per heavy atom. The molecule has 0 saturated carbocycles. The zero-order valence-corrected chi connectivity index (χ0v) is 9.64. The molecule has 0 saturated heterocycles. The van der Waals surface area contributed by atoms with Crippen molar-refractivity contribution in [2.45, 2.75) is 13.5 Å². The summed E-state index contributed by atoms with van der Waals surface area (Å²) in [6, 6.07) is 6.99. The summed E-state index contributed by atoms with van der Waals surface area (Å²) < 4.78 is 4.84.